The molecule has 1 radical (unpaired) electrons. The Morgan fingerprint density at radius 2 is 1.10 bits per heavy atom. The Labute approximate surface area is 74.8 Å². The number of hydrogen-bond donors (Lipinski definition) is 0. The first-order valence-corrected chi connectivity index (χ1v) is 3.85. The molecule has 0 aliphatic carbocycles. The van der Waals surface area contributed by atoms with Gasteiger partial charge in [0.1, 0.15) is 0 Å². The molecule has 0 aromatic carbocycles. The van der Waals surface area contributed by atoms with E-state index in [0.29, 0.717) is 0 Å². The van der Waals surface area contributed by atoms with Gasteiger partial charge in [-0.1, -0.05) is 0 Å². The molecule has 0 N–H and O–H groups in total. The molecule has 0 atom stereocenters. The van der Waals surface area contributed by atoms with Crippen LogP contribution in [0.4, 0.5) is 0 Å². The van der Waals surface area contributed by atoms with Crippen molar-refractivity contribution < 1.29 is 30.3 Å². The summed E-state index contributed by atoms with van der Waals surface area (Å²) in [5.41, 5.74) is 0. The first kappa shape index (κ1) is 16.8. The van der Waals surface area contributed by atoms with Crippen molar-refractivity contribution in [3.8, 4) is 0 Å². The van der Waals surface area contributed by atoms with E-state index in [2.05, 4.69) is 13.2 Å². The van der Waals surface area contributed by atoms with Crippen LogP contribution in [0.2, 0.25) is 0 Å². The van der Waals surface area contributed by atoms with Crippen molar-refractivity contribution in [2.45, 2.75) is 0 Å². The van der Waals surface area contributed by atoms with Crippen LogP contribution in [-0.4, -0.2) is 30.9 Å². The van der Waals surface area contributed by atoms with Crippen molar-refractivity contribution >= 4 is 9.53 Å². The van der Waals surface area contributed by atoms with E-state index >= 15 is 0 Å². The van der Waals surface area contributed by atoms with E-state index in [9.17, 15) is 0 Å². The fourth-order valence-corrected chi connectivity index (χ4v) is 0.866. The van der Waals surface area contributed by atoms with Gasteiger partial charge in [0, 0.05) is 38.4 Å². The maximum Gasteiger partial charge on any atom is 0.483 e. The first-order chi connectivity index (χ1) is 4.35. The summed E-state index contributed by atoms with van der Waals surface area (Å²) < 4.78 is 14.2. The molecular weight excluding hydrogens is 200 g/mol. The molecule has 0 unspecified atom stereocenters. The van der Waals surface area contributed by atoms with Crippen LogP contribution in [-0.2, 0) is 30.3 Å². The maximum atomic E-state index is 4.74. The van der Waals surface area contributed by atoms with Crippen LogP contribution >= 0.6 is 0 Å². The Bertz CT molecular complexity index is 46.6. The van der Waals surface area contributed by atoms with Crippen molar-refractivity contribution in [3.05, 3.63) is 13.2 Å². The van der Waals surface area contributed by atoms with Gasteiger partial charge in [-0.05, 0) is 0 Å². The zero-order valence-electron chi connectivity index (χ0n) is 6.52. The molecule has 0 aliphatic rings. The molecule has 0 aliphatic heterocycles. The second-order valence-corrected chi connectivity index (χ2v) is 2.99. The molecule has 0 saturated heterocycles. The van der Waals surface area contributed by atoms with Gasteiger partial charge in [0.25, 0.3) is 0 Å². The maximum absolute atomic E-state index is 4.74. The van der Waals surface area contributed by atoms with Gasteiger partial charge in [0.05, 0.1) is 0 Å². The molecule has 0 bridgehead atoms. The molecule has 0 spiro atoms. The molecule has 0 fully saturated rings. The fourth-order valence-electron chi connectivity index (χ4n) is 0.289. The predicted molar refractivity (Wildman–Crippen MR) is 39.4 cm³/mol. The predicted octanol–water partition coefficient (Wildman–Crippen LogP) is 0.442. The van der Waals surface area contributed by atoms with Gasteiger partial charge >= 0.3 is 9.53 Å². The summed E-state index contributed by atoms with van der Waals surface area (Å²) >= 11 is 0. The van der Waals surface area contributed by atoms with Crippen LogP contribution in [0.15, 0.2) is 13.2 Å². The van der Waals surface area contributed by atoms with Crippen molar-refractivity contribution in [3.63, 3.8) is 0 Å². The Balaban J connectivity index is -0.000000149. The number of hydrogen-bond acceptors (Lipinski definition) is 3. The molecule has 0 heterocycles. The normalized spacial score (nSPS) is 7.60. The van der Waals surface area contributed by atoms with E-state index in [0.717, 1.165) is 0 Å². The molecule has 0 aromatic rings. The fraction of sp³-hybridized carbons (Fsp3) is 0.600. The first-order valence-electron chi connectivity index (χ1n) is 2.43. The summed E-state index contributed by atoms with van der Waals surface area (Å²) in [7, 11) is 3.05. The van der Waals surface area contributed by atoms with Crippen molar-refractivity contribution in [1.29, 1.82) is 0 Å². The molecule has 67 valence electrons. The molecule has 0 amide bonds. The Hall–Kier alpha value is 0.356. The summed E-state index contributed by atoms with van der Waals surface area (Å²) in [6.45, 7) is 6.00. The van der Waals surface area contributed by atoms with Gasteiger partial charge in [-0.25, -0.2) is 0 Å². The van der Waals surface area contributed by atoms with Gasteiger partial charge in [-0.3, -0.25) is 0 Å². The molecule has 3 nitrogen and oxygen atoms in total. The average molecular weight is 214 g/mol. The molecule has 0 saturated carbocycles. The summed E-state index contributed by atoms with van der Waals surface area (Å²) in [5.74, 6) is 0. The molecule has 10 heavy (non-hydrogen) atoms. The van der Waals surface area contributed by atoms with Crippen LogP contribution in [0.25, 0.3) is 0 Å². The third-order valence-electron chi connectivity index (χ3n) is 0.577. The van der Waals surface area contributed by atoms with E-state index in [-0.39, 0.29) is 17.1 Å². The Kier molecular flexibility index (Phi) is 27.1. The largest absolute Gasteiger partial charge is 0.483 e. The topological polar surface area (TPSA) is 27.7 Å². The second-order valence-electron chi connectivity index (χ2n) is 0.996. The quantitative estimate of drug-likeness (QED) is 0.503. The van der Waals surface area contributed by atoms with E-state index in [1.807, 2.05) is 0 Å². The van der Waals surface area contributed by atoms with Crippen molar-refractivity contribution in [2.24, 2.45) is 0 Å². The van der Waals surface area contributed by atoms with Gasteiger partial charge in [0.15, 0.2) is 0 Å². The molecular formula is C5H14CuO3Si. The summed E-state index contributed by atoms with van der Waals surface area (Å²) in [5, 5.41) is 0. The van der Waals surface area contributed by atoms with E-state index < -0.39 is 9.53 Å². The zero-order chi connectivity index (χ0) is 7.70. The third kappa shape index (κ3) is 11.2. The summed E-state index contributed by atoms with van der Waals surface area (Å²) in [6, 6.07) is 0. The monoisotopic (exact) mass is 213 g/mol. The van der Waals surface area contributed by atoms with Crippen LogP contribution in [0, 0.1) is 0 Å². The minimum atomic E-state index is -1.67. The standard InChI is InChI=1S/C3H10O3Si.C2H4.Cu/c1-4-7(5-2)6-3;1-2;/h7H,1-3H3;1-2H2;. The number of rotatable bonds is 3. The minimum Gasteiger partial charge on any atom is -0.379 e. The molecule has 5 heteroatoms. The van der Waals surface area contributed by atoms with Crippen LogP contribution in [0.1, 0.15) is 0 Å². The summed E-state index contributed by atoms with van der Waals surface area (Å²) in [4.78, 5) is 0. The zero-order valence-corrected chi connectivity index (χ0v) is 8.61. The second kappa shape index (κ2) is 16.2. The molecule has 0 rings (SSSR count). The van der Waals surface area contributed by atoms with Gasteiger partial charge in [0.2, 0.25) is 0 Å². The van der Waals surface area contributed by atoms with Crippen LogP contribution < -0.4 is 0 Å². The Morgan fingerprint density at radius 1 is 0.900 bits per heavy atom. The Morgan fingerprint density at radius 3 is 1.10 bits per heavy atom. The molecule has 0 aromatic heterocycles. The summed E-state index contributed by atoms with van der Waals surface area (Å²) in [6.07, 6.45) is 0. The average Bonchev–Trinajstić information content (AvgIpc) is 1.96. The van der Waals surface area contributed by atoms with Gasteiger partial charge < -0.3 is 13.3 Å². The van der Waals surface area contributed by atoms with Gasteiger partial charge in [-0.2, -0.15) is 0 Å². The van der Waals surface area contributed by atoms with E-state index in [4.69, 9.17) is 13.3 Å². The van der Waals surface area contributed by atoms with Gasteiger partial charge in [-0.15, -0.1) is 13.2 Å². The SMILES string of the molecule is C=C.CO[SiH](OC)OC.[Cu]. The smallest absolute Gasteiger partial charge is 0.379 e. The third-order valence-corrected chi connectivity index (χ3v) is 1.73. The minimum absolute atomic E-state index is 0. The van der Waals surface area contributed by atoms with Crippen LogP contribution in [0.5, 0.6) is 0 Å². The van der Waals surface area contributed by atoms with E-state index in [1.165, 1.54) is 0 Å². The van der Waals surface area contributed by atoms with Crippen molar-refractivity contribution in [2.75, 3.05) is 21.3 Å². The van der Waals surface area contributed by atoms with E-state index in [1.54, 1.807) is 21.3 Å². The van der Waals surface area contributed by atoms with Crippen LogP contribution in [0.3, 0.4) is 0 Å². The van der Waals surface area contributed by atoms with Crippen molar-refractivity contribution in [1.82, 2.24) is 0 Å².